The van der Waals surface area contributed by atoms with E-state index in [4.69, 9.17) is 5.73 Å². The first kappa shape index (κ1) is 12.5. The minimum Gasteiger partial charge on any atom is -0.344 e. The van der Waals surface area contributed by atoms with Gasteiger partial charge in [-0.3, -0.25) is 4.79 Å². The van der Waals surface area contributed by atoms with E-state index in [0.29, 0.717) is 6.54 Å². The van der Waals surface area contributed by atoms with E-state index in [9.17, 15) is 4.79 Å². The number of nitrogens with zero attached hydrogens (tertiary/aromatic N) is 2. The molecule has 0 radical (unpaired) electrons. The third-order valence-electron chi connectivity index (χ3n) is 3.38. The van der Waals surface area contributed by atoms with Crippen LogP contribution in [0.2, 0.25) is 0 Å². The highest BCUT2D eigenvalue weighted by Gasteiger charge is 2.44. The van der Waals surface area contributed by atoms with Gasteiger partial charge in [0.05, 0.1) is 5.41 Å². The van der Waals surface area contributed by atoms with Crippen molar-refractivity contribution < 1.29 is 4.79 Å². The first-order chi connectivity index (χ1) is 7.02. The van der Waals surface area contributed by atoms with Crippen molar-refractivity contribution in [3.8, 4) is 0 Å². The molecule has 1 fully saturated rings. The van der Waals surface area contributed by atoms with Crippen molar-refractivity contribution in [1.29, 1.82) is 0 Å². The molecule has 0 aromatic heterocycles. The summed E-state index contributed by atoms with van der Waals surface area (Å²) in [6.07, 6.45) is 3.08. The molecule has 4 heteroatoms. The Morgan fingerprint density at radius 3 is 2.20 bits per heavy atom. The summed E-state index contributed by atoms with van der Waals surface area (Å²) in [6, 6.07) is 0. The second kappa shape index (κ2) is 4.94. The lowest BCUT2D eigenvalue weighted by Crippen LogP contribution is -2.51. The van der Waals surface area contributed by atoms with E-state index >= 15 is 0 Å². The molecule has 0 aromatic carbocycles. The van der Waals surface area contributed by atoms with Crippen LogP contribution in [0.25, 0.3) is 0 Å². The molecule has 0 spiro atoms. The number of likely N-dealkylation sites (N-methyl/N-ethyl adjacent to an activating group) is 2. The number of carbonyl (C=O) groups excluding carboxylic acids is 1. The highest BCUT2D eigenvalue weighted by molar-refractivity contribution is 5.83. The summed E-state index contributed by atoms with van der Waals surface area (Å²) in [7, 11) is 5.91. The number of nitrogens with two attached hydrogens (primary N) is 1. The maximum absolute atomic E-state index is 12.1. The van der Waals surface area contributed by atoms with Gasteiger partial charge in [0.1, 0.15) is 0 Å². The van der Waals surface area contributed by atoms with Gasteiger partial charge in [0.25, 0.3) is 0 Å². The first-order valence-electron chi connectivity index (χ1n) is 5.62. The van der Waals surface area contributed by atoms with Gasteiger partial charge in [-0.2, -0.15) is 0 Å². The molecule has 15 heavy (non-hydrogen) atoms. The Labute approximate surface area is 92.4 Å². The molecule has 1 aliphatic rings. The molecule has 0 unspecified atom stereocenters. The maximum atomic E-state index is 12.1. The fourth-order valence-electron chi connectivity index (χ4n) is 1.97. The van der Waals surface area contributed by atoms with Crippen molar-refractivity contribution >= 4 is 5.91 Å². The Hall–Kier alpha value is -0.610. The molecular weight excluding hydrogens is 190 g/mol. The van der Waals surface area contributed by atoms with E-state index in [2.05, 4.69) is 4.90 Å². The predicted molar refractivity (Wildman–Crippen MR) is 61.5 cm³/mol. The third-order valence-corrected chi connectivity index (χ3v) is 3.38. The molecule has 1 aliphatic carbocycles. The summed E-state index contributed by atoms with van der Waals surface area (Å²) in [5, 5.41) is 0. The summed E-state index contributed by atoms with van der Waals surface area (Å²) in [6.45, 7) is 2.19. The predicted octanol–water partition coefficient (Wildman–Crippen LogP) is 0.135. The number of carbonyl (C=O) groups is 1. The summed E-state index contributed by atoms with van der Waals surface area (Å²) in [4.78, 5) is 16.0. The molecule has 0 saturated heterocycles. The van der Waals surface area contributed by atoms with Gasteiger partial charge in [0, 0.05) is 26.7 Å². The molecule has 2 N–H and O–H groups in total. The molecule has 0 aromatic rings. The van der Waals surface area contributed by atoms with Crippen LogP contribution in [0.3, 0.4) is 0 Å². The van der Waals surface area contributed by atoms with Crippen molar-refractivity contribution in [2.24, 2.45) is 11.1 Å². The molecule has 88 valence electrons. The lowest BCUT2D eigenvalue weighted by molar-refractivity contribution is -0.145. The van der Waals surface area contributed by atoms with Crippen LogP contribution in [-0.4, -0.2) is 56.5 Å². The largest absolute Gasteiger partial charge is 0.344 e. The Balaban J connectivity index is 2.44. The van der Waals surface area contributed by atoms with E-state index in [1.165, 1.54) is 0 Å². The van der Waals surface area contributed by atoms with Crippen LogP contribution in [0, 0.1) is 5.41 Å². The fourth-order valence-corrected chi connectivity index (χ4v) is 1.97. The number of amides is 1. The lowest BCUT2D eigenvalue weighted by Gasteiger charge is -2.41. The van der Waals surface area contributed by atoms with Crippen molar-refractivity contribution in [2.45, 2.75) is 19.3 Å². The lowest BCUT2D eigenvalue weighted by atomic mass is 9.68. The molecule has 0 bridgehead atoms. The molecular formula is C11H23N3O. The minimum atomic E-state index is -0.221. The molecule has 1 saturated carbocycles. The van der Waals surface area contributed by atoms with Gasteiger partial charge in [-0.1, -0.05) is 6.42 Å². The molecule has 1 rings (SSSR count). The summed E-state index contributed by atoms with van der Waals surface area (Å²) in [5.74, 6) is 0.234. The van der Waals surface area contributed by atoms with Crippen molar-refractivity contribution in [2.75, 3.05) is 40.8 Å². The Kier molecular flexibility index (Phi) is 4.11. The van der Waals surface area contributed by atoms with Gasteiger partial charge >= 0.3 is 0 Å². The van der Waals surface area contributed by atoms with E-state index in [0.717, 1.165) is 32.4 Å². The standard InChI is InChI=1S/C11H23N3O/c1-13(2)7-8-14(3)10(15)11(9-12)5-4-6-11/h4-9,12H2,1-3H3. The van der Waals surface area contributed by atoms with Gasteiger partial charge < -0.3 is 15.5 Å². The Morgan fingerprint density at radius 1 is 1.27 bits per heavy atom. The van der Waals surface area contributed by atoms with Crippen molar-refractivity contribution in [3.63, 3.8) is 0 Å². The summed E-state index contributed by atoms with van der Waals surface area (Å²) < 4.78 is 0. The molecule has 0 atom stereocenters. The topological polar surface area (TPSA) is 49.6 Å². The smallest absolute Gasteiger partial charge is 0.229 e. The zero-order valence-electron chi connectivity index (χ0n) is 10.1. The summed E-state index contributed by atoms with van der Waals surface area (Å²) >= 11 is 0. The van der Waals surface area contributed by atoms with Gasteiger partial charge in [0.15, 0.2) is 0 Å². The van der Waals surface area contributed by atoms with Crippen LogP contribution in [0.15, 0.2) is 0 Å². The average molecular weight is 213 g/mol. The monoisotopic (exact) mass is 213 g/mol. The Morgan fingerprint density at radius 2 is 1.87 bits per heavy atom. The molecule has 0 aliphatic heterocycles. The minimum absolute atomic E-state index is 0.221. The second-order valence-electron chi connectivity index (χ2n) is 4.87. The first-order valence-corrected chi connectivity index (χ1v) is 5.62. The van der Waals surface area contributed by atoms with Gasteiger partial charge in [-0.05, 0) is 26.9 Å². The highest BCUT2D eigenvalue weighted by Crippen LogP contribution is 2.41. The van der Waals surface area contributed by atoms with E-state index in [1.54, 1.807) is 0 Å². The summed E-state index contributed by atoms with van der Waals surface area (Å²) in [5.41, 5.74) is 5.48. The van der Waals surface area contributed by atoms with E-state index in [-0.39, 0.29) is 11.3 Å². The average Bonchev–Trinajstić information content (AvgIpc) is 2.13. The zero-order valence-corrected chi connectivity index (χ0v) is 10.1. The maximum Gasteiger partial charge on any atom is 0.229 e. The van der Waals surface area contributed by atoms with E-state index in [1.807, 2.05) is 26.0 Å². The van der Waals surface area contributed by atoms with Crippen LogP contribution in [0.5, 0.6) is 0 Å². The fraction of sp³-hybridized carbons (Fsp3) is 0.909. The van der Waals surface area contributed by atoms with Crippen LogP contribution in [0.4, 0.5) is 0 Å². The highest BCUT2D eigenvalue weighted by atomic mass is 16.2. The van der Waals surface area contributed by atoms with Gasteiger partial charge in [-0.25, -0.2) is 0 Å². The second-order valence-corrected chi connectivity index (χ2v) is 4.87. The van der Waals surface area contributed by atoms with Crippen LogP contribution < -0.4 is 5.73 Å². The molecule has 1 amide bonds. The van der Waals surface area contributed by atoms with Crippen molar-refractivity contribution in [1.82, 2.24) is 9.80 Å². The van der Waals surface area contributed by atoms with Crippen LogP contribution in [-0.2, 0) is 4.79 Å². The normalized spacial score (nSPS) is 18.7. The molecule has 4 nitrogen and oxygen atoms in total. The van der Waals surface area contributed by atoms with Gasteiger partial charge in [-0.15, -0.1) is 0 Å². The molecule has 0 heterocycles. The SMILES string of the molecule is CN(C)CCN(C)C(=O)C1(CN)CCC1. The number of hydrogen-bond donors (Lipinski definition) is 1. The number of rotatable bonds is 5. The van der Waals surface area contributed by atoms with Crippen molar-refractivity contribution in [3.05, 3.63) is 0 Å². The van der Waals surface area contributed by atoms with Crippen LogP contribution in [0.1, 0.15) is 19.3 Å². The Bertz CT molecular complexity index is 218. The third kappa shape index (κ3) is 2.69. The van der Waals surface area contributed by atoms with Gasteiger partial charge in [0.2, 0.25) is 5.91 Å². The van der Waals surface area contributed by atoms with Crippen LogP contribution >= 0.6 is 0 Å². The quantitative estimate of drug-likeness (QED) is 0.706. The zero-order chi connectivity index (χ0) is 11.5. The van der Waals surface area contributed by atoms with E-state index < -0.39 is 0 Å². The number of hydrogen-bond acceptors (Lipinski definition) is 3.